The van der Waals surface area contributed by atoms with Crippen LogP contribution in [0.1, 0.15) is 16.8 Å². The van der Waals surface area contributed by atoms with E-state index in [-0.39, 0.29) is 6.61 Å². The third kappa shape index (κ3) is 3.66. The molecule has 2 aromatic rings. The molecule has 0 aliphatic rings. The summed E-state index contributed by atoms with van der Waals surface area (Å²) in [5.74, 6) is 0. The number of carbonyl (C=O) groups is 1. The molecule has 1 aromatic carbocycles. The first kappa shape index (κ1) is 14.3. The van der Waals surface area contributed by atoms with E-state index in [1.165, 1.54) is 11.5 Å². The van der Waals surface area contributed by atoms with Crippen molar-refractivity contribution >= 4 is 45.9 Å². The number of aromatic nitrogens is 1. The Hall–Kier alpha value is -1.15. The van der Waals surface area contributed by atoms with Crippen molar-refractivity contribution < 1.29 is 9.53 Å². The number of nitrogens with zero attached hydrogens (tertiary/aromatic N) is 1. The van der Waals surface area contributed by atoms with Crippen LogP contribution in [0.25, 0.3) is 0 Å². The van der Waals surface area contributed by atoms with Gasteiger partial charge in [0.25, 0.3) is 0 Å². The molecule has 0 aliphatic heterocycles. The number of anilines is 1. The number of hydrogen-bond acceptors (Lipinski definition) is 4. The molecule has 1 aromatic heterocycles. The maximum absolute atomic E-state index is 11.7. The second-order valence-electron chi connectivity index (χ2n) is 4.04. The molecule has 0 bridgehead atoms. The topological polar surface area (TPSA) is 51.2 Å². The Morgan fingerprint density at radius 1 is 1.42 bits per heavy atom. The van der Waals surface area contributed by atoms with E-state index in [4.69, 9.17) is 4.74 Å². The van der Waals surface area contributed by atoms with Gasteiger partial charge in [0.1, 0.15) is 9.49 Å². The van der Waals surface area contributed by atoms with Gasteiger partial charge in [-0.15, -0.1) is 0 Å². The van der Waals surface area contributed by atoms with Gasteiger partial charge in [-0.1, -0.05) is 24.3 Å². The van der Waals surface area contributed by atoms with E-state index in [2.05, 4.69) is 32.3 Å². The van der Waals surface area contributed by atoms with Gasteiger partial charge in [-0.3, -0.25) is 5.32 Å². The van der Waals surface area contributed by atoms with Gasteiger partial charge in [-0.25, -0.2) is 4.79 Å². The first-order valence-corrected chi connectivity index (χ1v) is 7.53. The molecular weight excluding hydrogens is 375 g/mol. The molecular formula is C13H13IN2O2S. The summed E-state index contributed by atoms with van der Waals surface area (Å²) in [5, 5.41) is 2.73. The van der Waals surface area contributed by atoms with Crippen LogP contribution in [0.2, 0.25) is 0 Å². The van der Waals surface area contributed by atoms with Crippen LogP contribution in [0, 0.1) is 16.7 Å². The minimum Gasteiger partial charge on any atom is -0.444 e. The van der Waals surface area contributed by atoms with Crippen LogP contribution in [0.15, 0.2) is 24.3 Å². The second kappa shape index (κ2) is 6.33. The highest BCUT2D eigenvalue weighted by Crippen LogP contribution is 2.25. The van der Waals surface area contributed by atoms with Gasteiger partial charge < -0.3 is 4.74 Å². The molecule has 0 atom stereocenters. The predicted molar refractivity (Wildman–Crippen MR) is 84.6 cm³/mol. The maximum Gasteiger partial charge on any atom is 0.412 e. The van der Waals surface area contributed by atoms with Gasteiger partial charge >= 0.3 is 6.09 Å². The molecule has 6 heteroatoms. The van der Waals surface area contributed by atoms with Crippen molar-refractivity contribution in [3.05, 3.63) is 44.0 Å². The van der Waals surface area contributed by atoms with Crippen LogP contribution < -0.4 is 5.32 Å². The highest BCUT2D eigenvalue weighted by atomic mass is 127. The van der Waals surface area contributed by atoms with Gasteiger partial charge in [-0.2, -0.15) is 4.37 Å². The van der Waals surface area contributed by atoms with Gasteiger partial charge in [-0.05, 0) is 59.1 Å². The van der Waals surface area contributed by atoms with Crippen LogP contribution in [-0.2, 0) is 11.3 Å². The lowest BCUT2D eigenvalue weighted by molar-refractivity contribution is 0.155. The highest BCUT2D eigenvalue weighted by Gasteiger charge is 2.12. The zero-order valence-electron chi connectivity index (χ0n) is 10.6. The van der Waals surface area contributed by atoms with E-state index in [0.717, 1.165) is 25.4 Å². The Balaban J connectivity index is 1.94. The van der Waals surface area contributed by atoms with Crippen molar-refractivity contribution in [1.82, 2.24) is 4.37 Å². The van der Waals surface area contributed by atoms with E-state index < -0.39 is 6.09 Å². The maximum atomic E-state index is 11.7. The van der Waals surface area contributed by atoms with Crippen molar-refractivity contribution in [3.8, 4) is 0 Å². The average Bonchev–Trinajstić information content (AvgIpc) is 2.70. The largest absolute Gasteiger partial charge is 0.444 e. The molecule has 0 radical (unpaired) electrons. The van der Waals surface area contributed by atoms with Crippen LogP contribution in [-0.4, -0.2) is 10.5 Å². The van der Waals surface area contributed by atoms with E-state index in [9.17, 15) is 4.79 Å². The van der Waals surface area contributed by atoms with E-state index in [1.54, 1.807) is 0 Å². The molecule has 2 rings (SSSR count). The molecule has 0 spiro atoms. The minimum absolute atomic E-state index is 0.270. The van der Waals surface area contributed by atoms with Crippen LogP contribution in [0.4, 0.5) is 10.5 Å². The number of nitrogens with one attached hydrogen (secondary N) is 1. The SMILES string of the molecule is Cc1ccccc1COC(=O)Nc1c(C)nsc1I. The summed E-state index contributed by atoms with van der Waals surface area (Å²) in [6, 6.07) is 7.83. The Bertz CT molecular complexity index is 579. The number of carbonyl (C=O) groups excluding carboxylic acids is 1. The fraction of sp³-hybridized carbons (Fsp3) is 0.231. The van der Waals surface area contributed by atoms with Gasteiger partial charge in [0.05, 0.1) is 11.4 Å². The fourth-order valence-electron chi connectivity index (χ4n) is 1.54. The molecule has 1 amide bonds. The first-order valence-electron chi connectivity index (χ1n) is 5.68. The molecule has 4 nitrogen and oxygen atoms in total. The first-order chi connectivity index (χ1) is 9.08. The third-order valence-corrected chi connectivity index (χ3v) is 4.53. The summed E-state index contributed by atoms with van der Waals surface area (Å²) in [5.41, 5.74) is 3.66. The summed E-state index contributed by atoms with van der Waals surface area (Å²) in [6.07, 6.45) is -0.454. The Kier molecular flexibility index (Phi) is 4.76. The second-order valence-corrected chi connectivity index (χ2v) is 6.63. The van der Waals surface area contributed by atoms with Crippen LogP contribution in [0.5, 0.6) is 0 Å². The lowest BCUT2D eigenvalue weighted by atomic mass is 10.1. The quantitative estimate of drug-likeness (QED) is 0.806. The molecule has 0 saturated heterocycles. The molecule has 100 valence electrons. The summed E-state index contributed by atoms with van der Waals surface area (Å²) in [7, 11) is 0. The van der Waals surface area contributed by atoms with Crippen molar-refractivity contribution in [2.24, 2.45) is 0 Å². The number of benzene rings is 1. The third-order valence-electron chi connectivity index (χ3n) is 2.67. The standard InChI is InChI=1S/C13H13IN2O2S/c1-8-5-3-4-6-10(8)7-18-13(17)15-11-9(2)16-19-12(11)14/h3-6H,7H2,1-2H3,(H,15,17). The number of amides is 1. The van der Waals surface area contributed by atoms with Gasteiger partial charge in [0, 0.05) is 0 Å². The Morgan fingerprint density at radius 2 is 2.16 bits per heavy atom. The molecule has 1 heterocycles. The predicted octanol–water partition coefficient (Wildman–Crippen LogP) is 4.11. The lowest BCUT2D eigenvalue weighted by Crippen LogP contribution is -2.14. The fourth-order valence-corrected chi connectivity index (χ4v) is 2.95. The lowest BCUT2D eigenvalue weighted by Gasteiger charge is -2.08. The number of rotatable bonds is 3. The van der Waals surface area contributed by atoms with Crippen LogP contribution in [0.3, 0.4) is 0 Å². The van der Waals surface area contributed by atoms with Gasteiger partial charge in [0.2, 0.25) is 0 Å². The molecule has 19 heavy (non-hydrogen) atoms. The molecule has 0 unspecified atom stereocenters. The molecule has 1 N–H and O–H groups in total. The normalized spacial score (nSPS) is 10.3. The highest BCUT2D eigenvalue weighted by molar-refractivity contribution is 14.1. The van der Waals surface area contributed by atoms with Crippen molar-refractivity contribution in [2.45, 2.75) is 20.5 Å². The van der Waals surface area contributed by atoms with Crippen molar-refractivity contribution in [3.63, 3.8) is 0 Å². The average molecular weight is 388 g/mol. The summed E-state index contributed by atoms with van der Waals surface area (Å²) in [6.45, 7) is 4.12. The molecule has 0 aliphatic carbocycles. The molecule has 0 fully saturated rings. The zero-order chi connectivity index (χ0) is 13.8. The summed E-state index contributed by atoms with van der Waals surface area (Å²) in [4.78, 5) is 11.7. The van der Waals surface area contributed by atoms with E-state index >= 15 is 0 Å². The number of hydrogen-bond donors (Lipinski definition) is 1. The van der Waals surface area contributed by atoms with Crippen molar-refractivity contribution in [2.75, 3.05) is 5.32 Å². The Morgan fingerprint density at radius 3 is 2.79 bits per heavy atom. The number of aryl methyl sites for hydroxylation is 2. The smallest absolute Gasteiger partial charge is 0.412 e. The van der Waals surface area contributed by atoms with Gasteiger partial charge in [0.15, 0.2) is 0 Å². The van der Waals surface area contributed by atoms with Crippen LogP contribution >= 0.6 is 34.1 Å². The summed E-state index contributed by atoms with van der Waals surface area (Å²) >= 11 is 3.50. The number of ether oxygens (including phenoxy) is 1. The van der Waals surface area contributed by atoms with Crippen molar-refractivity contribution in [1.29, 1.82) is 0 Å². The number of halogens is 1. The minimum atomic E-state index is -0.454. The zero-order valence-corrected chi connectivity index (χ0v) is 13.5. The molecule has 0 saturated carbocycles. The Labute approximate surface area is 129 Å². The monoisotopic (exact) mass is 388 g/mol. The van der Waals surface area contributed by atoms with E-state index in [0.29, 0.717) is 0 Å². The van der Waals surface area contributed by atoms with E-state index in [1.807, 2.05) is 38.1 Å². The summed E-state index contributed by atoms with van der Waals surface area (Å²) < 4.78 is 10.3.